The number of nitrogens with zero attached hydrogens (tertiary/aromatic N) is 1. The lowest BCUT2D eigenvalue weighted by atomic mass is 9.99. The van der Waals surface area contributed by atoms with Gasteiger partial charge < -0.3 is 10.2 Å². The maximum absolute atomic E-state index is 14.6. The van der Waals surface area contributed by atoms with E-state index in [0.717, 1.165) is 5.56 Å². The Morgan fingerprint density at radius 2 is 1.35 bits per heavy atom. The van der Waals surface area contributed by atoms with Crippen molar-refractivity contribution in [2.24, 2.45) is 0 Å². The van der Waals surface area contributed by atoms with Gasteiger partial charge in [0.25, 0.3) is 0 Å². The maximum atomic E-state index is 14.6. The molecule has 0 saturated heterocycles. The Morgan fingerprint density at radius 3 is 1.91 bits per heavy atom. The third-order valence-corrected chi connectivity index (χ3v) is 5.37. The van der Waals surface area contributed by atoms with Gasteiger partial charge in [0.2, 0.25) is 11.8 Å². The van der Waals surface area contributed by atoms with E-state index in [2.05, 4.69) is 5.32 Å². The predicted octanol–water partition coefficient (Wildman–Crippen LogP) is 5.06. The zero-order valence-corrected chi connectivity index (χ0v) is 19.7. The molecule has 3 rings (SSSR count). The molecule has 0 fully saturated rings. The number of amides is 2. The summed E-state index contributed by atoms with van der Waals surface area (Å²) in [6.07, 6.45) is -0.00453. The Balaban J connectivity index is 2.01. The molecule has 3 aromatic carbocycles. The van der Waals surface area contributed by atoms with Crippen LogP contribution >= 0.6 is 0 Å². The second-order valence-electron chi connectivity index (χ2n) is 9.33. The smallest absolute Gasteiger partial charge is 0.243 e. The van der Waals surface area contributed by atoms with E-state index in [0.29, 0.717) is 0 Å². The van der Waals surface area contributed by atoms with E-state index in [9.17, 15) is 18.4 Å². The first-order valence-electron chi connectivity index (χ1n) is 11.3. The van der Waals surface area contributed by atoms with Crippen LogP contribution in [0.5, 0.6) is 0 Å². The summed E-state index contributed by atoms with van der Waals surface area (Å²) in [6.45, 7) is 5.45. The summed E-state index contributed by atoms with van der Waals surface area (Å²) in [7, 11) is 0. The Morgan fingerprint density at radius 1 is 0.824 bits per heavy atom. The van der Waals surface area contributed by atoms with Crippen LogP contribution in [0.25, 0.3) is 0 Å². The molecule has 178 valence electrons. The van der Waals surface area contributed by atoms with E-state index in [-0.39, 0.29) is 36.4 Å². The average Bonchev–Trinajstić information content (AvgIpc) is 2.78. The van der Waals surface area contributed by atoms with Crippen LogP contribution in [0, 0.1) is 11.6 Å². The highest BCUT2D eigenvalue weighted by Gasteiger charge is 2.32. The third kappa shape index (κ3) is 6.98. The molecule has 0 aliphatic carbocycles. The molecule has 0 aromatic heterocycles. The molecular weight excluding hydrogens is 434 g/mol. The fourth-order valence-electron chi connectivity index (χ4n) is 3.72. The zero-order valence-electron chi connectivity index (χ0n) is 19.7. The number of hydrogen-bond acceptors (Lipinski definition) is 2. The van der Waals surface area contributed by atoms with Gasteiger partial charge in [0.1, 0.15) is 17.7 Å². The molecule has 0 aliphatic heterocycles. The standard InChI is InChI=1S/C28H30F2N2O2/c1-28(2,3)31-27(34)25(17-20-11-5-4-6-12-20)32(19-22-14-8-10-16-24(22)30)26(33)18-21-13-7-9-15-23(21)29/h4-16,25H,17-19H2,1-3H3,(H,31,34)/t25-/m1/s1. The van der Waals surface area contributed by atoms with Gasteiger partial charge in [-0.1, -0.05) is 66.7 Å². The van der Waals surface area contributed by atoms with Crippen molar-refractivity contribution in [1.29, 1.82) is 0 Å². The Hall–Kier alpha value is -3.54. The molecule has 0 bridgehead atoms. The van der Waals surface area contributed by atoms with Crippen molar-refractivity contribution in [3.8, 4) is 0 Å². The molecule has 0 radical (unpaired) electrons. The molecule has 0 spiro atoms. The molecule has 1 N–H and O–H groups in total. The maximum Gasteiger partial charge on any atom is 0.243 e. The van der Waals surface area contributed by atoms with Gasteiger partial charge in [0.15, 0.2) is 0 Å². The van der Waals surface area contributed by atoms with Crippen LogP contribution in [0.2, 0.25) is 0 Å². The number of nitrogens with one attached hydrogen (secondary N) is 1. The van der Waals surface area contributed by atoms with Crippen LogP contribution in [0.4, 0.5) is 8.78 Å². The third-order valence-electron chi connectivity index (χ3n) is 5.37. The molecule has 6 heteroatoms. The molecular formula is C28H30F2N2O2. The molecule has 0 saturated carbocycles. The highest BCUT2D eigenvalue weighted by Crippen LogP contribution is 2.19. The minimum atomic E-state index is -0.916. The second kappa shape index (κ2) is 11.1. The van der Waals surface area contributed by atoms with Gasteiger partial charge in [-0.15, -0.1) is 0 Å². The Kier molecular flexibility index (Phi) is 8.16. The van der Waals surface area contributed by atoms with Crippen molar-refractivity contribution in [3.05, 3.63) is 107 Å². The van der Waals surface area contributed by atoms with E-state index < -0.39 is 29.1 Å². The van der Waals surface area contributed by atoms with E-state index in [1.165, 1.54) is 23.1 Å². The summed E-state index contributed by atoms with van der Waals surface area (Å²) < 4.78 is 28.9. The van der Waals surface area contributed by atoms with Gasteiger partial charge in [0.05, 0.1) is 6.42 Å². The van der Waals surface area contributed by atoms with E-state index >= 15 is 0 Å². The predicted molar refractivity (Wildman–Crippen MR) is 129 cm³/mol. The summed E-state index contributed by atoms with van der Waals surface area (Å²) in [5, 5.41) is 2.95. The number of benzene rings is 3. The lowest BCUT2D eigenvalue weighted by molar-refractivity contribution is -0.141. The highest BCUT2D eigenvalue weighted by atomic mass is 19.1. The highest BCUT2D eigenvalue weighted by molar-refractivity contribution is 5.89. The first kappa shape index (κ1) is 25.1. The van der Waals surface area contributed by atoms with Crippen molar-refractivity contribution in [2.45, 2.75) is 51.7 Å². The normalized spacial score (nSPS) is 12.1. The summed E-state index contributed by atoms with van der Waals surface area (Å²) in [5.41, 5.74) is 0.824. The largest absolute Gasteiger partial charge is 0.350 e. The molecule has 0 unspecified atom stereocenters. The first-order valence-corrected chi connectivity index (χ1v) is 11.3. The van der Waals surface area contributed by atoms with Gasteiger partial charge in [-0.2, -0.15) is 0 Å². The van der Waals surface area contributed by atoms with E-state index in [4.69, 9.17) is 0 Å². The van der Waals surface area contributed by atoms with Gasteiger partial charge in [-0.05, 0) is 44.0 Å². The van der Waals surface area contributed by atoms with Crippen molar-refractivity contribution in [3.63, 3.8) is 0 Å². The van der Waals surface area contributed by atoms with Crippen LogP contribution in [-0.2, 0) is 29.0 Å². The Labute approximate surface area is 199 Å². The van der Waals surface area contributed by atoms with Crippen LogP contribution in [0.15, 0.2) is 78.9 Å². The van der Waals surface area contributed by atoms with Gasteiger partial charge in [0, 0.05) is 24.1 Å². The summed E-state index contributed by atoms with van der Waals surface area (Å²) in [4.78, 5) is 28.3. The molecule has 3 aromatic rings. The Bertz CT molecular complexity index is 1130. The van der Waals surface area contributed by atoms with Crippen LogP contribution in [0.3, 0.4) is 0 Å². The zero-order chi connectivity index (χ0) is 24.7. The fraction of sp³-hybridized carbons (Fsp3) is 0.286. The number of hydrogen-bond donors (Lipinski definition) is 1. The summed E-state index contributed by atoms with van der Waals surface area (Å²) >= 11 is 0. The van der Waals surface area contributed by atoms with E-state index in [1.807, 2.05) is 51.1 Å². The van der Waals surface area contributed by atoms with Gasteiger partial charge in [-0.25, -0.2) is 8.78 Å². The van der Waals surface area contributed by atoms with Crippen molar-refractivity contribution in [2.75, 3.05) is 0 Å². The van der Waals surface area contributed by atoms with Gasteiger partial charge in [-0.3, -0.25) is 9.59 Å². The average molecular weight is 465 g/mol. The summed E-state index contributed by atoms with van der Waals surface area (Å²) in [6, 6.07) is 20.6. The molecule has 4 nitrogen and oxygen atoms in total. The lowest BCUT2D eigenvalue weighted by Gasteiger charge is -2.34. The number of rotatable bonds is 8. The monoisotopic (exact) mass is 464 g/mol. The molecule has 0 aliphatic rings. The van der Waals surface area contributed by atoms with Crippen LogP contribution in [-0.4, -0.2) is 28.3 Å². The SMILES string of the molecule is CC(C)(C)NC(=O)[C@@H](Cc1ccccc1)N(Cc1ccccc1F)C(=O)Cc1ccccc1F. The second-order valence-corrected chi connectivity index (χ2v) is 9.33. The van der Waals surface area contributed by atoms with Gasteiger partial charge >= 0.3 is 0 Å². The first-order chi connectivity index (χ1) is 16.1. The van der Waals surface area contributed by atoms with Crippen molar-refractivity contribution in [1.82, 2.24) is 10.2 Å². The molecule has 2 amide bonds. The number of carbonyl (C=O) groups excluding carboxylic acids is 2. The minimum absolute atomic E-state index is 0.116. The number of halogens is 2. The van der Waals surface area contributed by atoms with Crippen LogP contribution < -0.4 is 5.32 Å². The lowest BCUT2D eigenvalue weighted by Crippen LogP contribution is -2.54. The molecule has 1 atom stereocenters. The van der Waals surface area contributed by atoms with E-state index in [1.54, 1.807) is 30.3 Å². The minimum Gasteiger partial charge on any atom is -0.350 e. The quantitative estimate of drug-likeness (QED) is 0.507. The van der Waals surface area contributed by atoms with Crippen LogP contribution in [0.1, 0.15) is 37.5 Å². The van der Waals surface area contributed by atoms with Crippen molar-refractivity contribution >= 4 is 11.8 Å². The summed E-state index contributed by atoms with van der Waals surface area (Å²) in [5.74, 6) is -1.78. The number of carbonyl (C=O) groups is 2. The molecule has 0 heterocycles. The molecule has 34 heavy (non-hydrogen) atoms. The van der Waals surface area contributed by atoms with Crippen molar-refractivity contribution < 1.29 is 18.4 Å². The topological polar surface area (TPSA) is 49.4 Å². The fourth-order valence-corrected chi connectivity index (χ4v) is 3.72.